The molecule has 1 aliphatic heterocycles. The minimum absolute atomic E-state index is 0.204. The number of fused-ring (bicyclic) bond motifs is 2. The van der Waals surface area contributed by atoms with Crippen molar-refractivity contribution < 1.29 is 9.59 Å². The summed E-state index contributed by atoms with van der Waals surface area (Å²) in [6.45, 7) is 6.25. The van der Waals surface area contributed by atoms with Crippen molar-refractivity contribution >= 4 is 22.7 Å². The summed E-state index contributed by atoms with van der Waals surface area (Å²) in [4.78, 5) is 31.8. The van der Waals surface area contributed by atoms with E-state index in [1.807, 2.05) is 57.2 Å². The molecule has 5 heteroatoms. The predicted molar refractivity (Wildman–Crippen MR) is 109 cm³/mol. The molecule has 0 radical (unpaired) electrons. The Morgan fingerprint density at radius 3 is 2.50 bits per heavy atom. The average molecular weight is 373 g/mol. The van der Waals surface area contributed by atoms with E-state index in [0.29, 0.717) is 24.2 Å². The van der Waals surface area contributed by atoms with Crippen LogP contribution in [0.5, 0.6) is 0 Å². The van der Waals surface area contributed by atoms with Gasteiger partial charge in [0.15, 0.2) is 0 Å². The molecule has 0 saturated carbocycles. The Kier molecular flexibility index (Phi) is 4.38. The molecule has 28 heavy (non-hydrogen) atoms. The number of amides is 2. The molecule has 0 unspecified atom stereocenters. The topological polar surface area (TPSA) is 76.3 Å². The lowest BCUT2D eigenvalue weighted by atomic mass is 9.92. The van der Waals surface area contributed by atoms with Crippen LogP contribution in [0.25, 0.3) is 10.9 Å². The SMILES string of the molecule is Cc1cc(C)c2nc(C)c(C(=O)N3Cc4ccccc4C[C@H]3C(N)=O)cc2c1. The minimum atomic E-state index is -0.656. The Morgan fingerprint density at radius 1 is 1.07 bits per heavy atom. The minimum Gasteiger partial charge on any atom is -0.368 e. The van der Waals surface area contributed by atoms with Crippen molar-refractivity contribution in [3.63, 3.8) is 0 Å². The molecule has 0 fully saturated rings. The lowest BCUT2D eigenvalue weighted by molar-refractivity contribution is -0.122. The number of nitrogens with zero attached hydrogens (tertiary/aromatic N) is 2. The number of carbonyl (C=O) groups is 2. The van der Waals surface area contributed by atoms with Gasteiger partial charge in [0.25, 0.3) is 5.91 Å². The molecule has 2 aromatic carbocycles. The Hall–Kier alpha value is -3.21. The molecule has 0 spiro atoms. The van der Waals surface area contributed by atoms with Crippen molar-refractivity contribution in [2.24, 2.45) is 5.73 Å². The molecular formula is C23H23N3O2. The molecule has 5 nitrogen and oxygen atoms in total. The second kappa shape index (κ2) is 6.75. The molecule has 2 heterocycles. The van der Waals surface area contributed by atoms with Crippen molar-refractivity contribution in [3.05, 3.63) is 76.0 Å². The normalized spacial score (nSPS) is 16.1. The van der Waals surface area contributed by atoms with Gasteiger partial charge in [0.1, 0.15) is 6.04 Å². The highest BCUT2D eigenvalue weighted by Crippen LogP contribution is 2.27. The number of benzene rings is 2. The Balaban J connectivity index is 1.79. The van der Waals surface area contributed by atoms with Crippen molar-refractivity contribution in [3.8, 4) is 0 Å². The first-order chi connectivity index (χ1) is 13.3. The summed E-state index contributed by atoms with van der Waals surface area (Å²) >= 11 is 0. The third-order valence-electron chi connectivity index (χ3n) is 5.51. The number of hydrogen-bond acceptors (Lipinski definition) is 3. The van der Waals surface area contributed by atoms with Crippen molar-refractivity contribution in [2.45, 2.75) is 39.8 Å². The molecule has 3 aromatic rings. The summed E-state index contributed by atoms with van der Waals surface area (Å²) in [5.74, 6) is -0.690. The van der Waals surface area contributed by atoms with Gasteiger partial charge in [-0.2, -0.15) is 0 Å². The first-order valence-corrected chi connectivity index (χ1v) is 9.41. The van der Waals surface area contributed by atoms with E-state index in [9.17, 15) is 9.59 Å². The molecule has 2 amide bonds. The van der Waals surface area contributed by atoms with Crippen LogP contribution in [0.2, 0.25) is 0 Å². The van der Waals surface area contributed by atoms with Crippen LogP contribution >= 0.6 is 0 Å². The highest BCUT2D eigenvalue weighted by atomic mass is 16.2. The lowest BCUT2D eigenvalue weighted by Crippen LogP contribution is -2.51. The zero-order chi connectivity index (χ0) is 20.0. The third kappa shape index (κ3) is 3.03. The standard InChI is InChI=1S/C23H23N3O2/c1-13-8-14(2)21-18(9-13)10-19(15(3)25-21)23(28)26-12-17-7-5-4-6-16(17)11-20(26)22(24)27/h4-10,20H,11-12H2,1-3H3,(H2,24,27)/t20-/m0/s1. The number of hydrogen-bond donors (Lipinski definition) is 1. The molecule has 1 aliphatic rings. The van der Waals surface area contributed by atoms with E-state index in [2.05, 4.69) is 11.1 Å². The van der Waals surface area contributed by atoms with Crippen molar-refractivity contribution in [1.82, 2.24) is 9.88 Å². The van der Waals surface area contributed by atoms with Crippen LogP contribution in [-0.2, 0) is 17.8 Å². The molecular weight excluding hydrogens is 350 g/mol. The van der Waals surface area contributed by atoms with E-state index >= 15 is 0 Å². The van der Waals surface area contributed by atoms with Crippen LogP contribution in [-0.4, -0.2) is 27.7 Å². The van der Waals surface area contributed by atoms with E-state index in [0.717, 1.165) is 33.2 Å². The van der Waals surface area contributed by atoms with Crippen molar-refractivity contribution in [1.29, 1.82) is 0 Å². The van der Waals surface area contributed by atoms with E-state index in [4.69, 9.17) is 5.73 Å². The number of nitrogens with two attached hydrogens (primary N) is 1. The predicted octanol–water partition coefficient (Wildman–Crippen LogP) is 3.21. The zero-order valence-corrected chi connectivity index (χ0v) is 16.3. The van der Waals surface area contributed by atoms with Gasteiger partial charge < -0.3 is 10.6 Å². The van der Waals surface area contributed by atoms with Gasteiger partial charge in [0.05, 0.1) is 16.8 Å². The first-order valence-electron chi connectivity index (χ1n) is 9.41. The molecule has 0 bridgehead atoms. The second-order valence-electron chi connectivity index (χ2n) is 7.60. The quantitative estimate of drug-likeness (QED) is 0.749. The summed E-state index contributed by atoms with van der Waals surface area (Å²) in [5, 5.41) is 0.930. The summed E-state index contributed by atoms with van der Waals surface area (Å²) in [6, 6.07) is 13.2. The van der Waals surface area contributed by atoms with Gasteiger partial charge in [0, 0.05) is 18.4 Å². The molecule has 4 rings (SSSR count). The van der Waals surface area contributed by atoms with Gasteiger partial charge in [-0.25, -0.2) is 0 Å². The summed E-state index contributed by atoms with van der Waals surface area (Å²) in [6.07, 6.45) is 0.440. The second-order valence-corrected chi connectivity index (χ2v) is 7.60. The Bertz CT molecular complexity index is 1120. The van der Waals surface area contributed by atoms with Gasteiger partial charge in [-0.1, -0.05) is 35.9 Å². The van der Waals surface area contributed by atoms with Gasteiger partial charge in [0.2, 0.25) is 5.91 Å². The van der Waals surface area contributed by atoms with Crippen LogP contribution in [0, 0.1) is 20.8 Å². The fraction of sp³-hybridized carbons (Fsp3) is 0.261. The van der Waals surface area contributed by atoms with Crippen molar-refractivity contribution in [2.75, 3.05) is 0 Å². The van der Waals surface area contributed by atoms with Crippen LogP contribution < -0.4 is 5.73 Å². The molecule has 142 valence electrons. The van der Waals surface area contributed by atoms with Crippen LogP contribution in [0.4, 0.5) is 0 Å². The monoisotopic (exact) mass is 373 g/mol. The van der Waals surface area contributed by atoms with Gasteiger partial charge in [-0.15, -0.1) is 0 Å². The van der Waals surface area contributed by atoms with Gasteiger partial charge in [-0.05, 0) is 49.6 Å². The summed E-state index contributed by atoms with van der Waals surface area (Å²) < 4.78 is 0. The first kappa shape index (κ1) is 18.2. The maximum atomic E-state index is 13.4. The maximum Gasteiger partial charge on any atom is 0.256 e. The zero-order valence-electron chi connectivity index (χ0n) is 16.3. The fourth-order valence-electron chi connectivity index (χ4n) is 4.11. The molecule has 1 atom stereocenters. The number of carbonyl (C=O) groups excluding carboxylic acids is 2. The van der Waals surface area contributed by atoms with Crippen LogP contribution in [0.1, 0.15) is 38.3 Å². The molecule has 0 saturated heterocycles. The largest absolute Gasteiger partial charge is 0.368 e. The highest BCUT2D eigenvalue weighted by Gasteiger charge is 2.34. The third-order valence-corrected chi connectivity index (χ3v) is 5.51. The summed E-state index contributed by atoms with van der Waals surface area (Å²) in [5.41, 5.74) is 12.0. The van der Waals surface area contributed by atoms with E-state index in [1.165, 1.54) is 0 Å². The summed E-state index contributed by atoms with van der Waals surface area (Å²) in [7, 11) is 0. The number of aryl methyl sites for hydroxylation is 3. The fourth-order valence-corrected chi connectivity index (χ4v) is 4.11. The van der Waals surface area contributed by atoms with Crippen LogP contribution in [0.15, 0.2) is 42.5 Å². The highest BCUT2D eigenvalue weighted by molar-refractivity contribution is 6.01. The smallest absolute Gasteiger partial charge is 0.256 e. The van der Waals surface area contributed by atoms with E-state index in [-0.39, 0.29) is 5.91 Å². The maximum absolute atomic E-state index is 13.4. The average Bonchev–Trinajstić information content (AvgIpc) is 2.66. The number of rotatable bonds is 2. The number of aromatic nitrogens is 1. The molecule has 2 N–H and O–H groups in total. The Morgan fingerprint density at radius 2 is 1.79 bits per heavy atom. The van der Waals surface area contributed by atoms with Gasteiger partial charge in [-0.3, -0.25) is 14.6 Å². The number of pyridine rings is 1. The molecule has 0 aliphatic carbocycles. The van der Waals surface area contributed by atoms with E-state index in [1.54, 1.807) is 4.90 Å². The van der Waals surface area contributed by atoms with Crippen LogP contribution in [0.3, 0.4) is 0 Å². The van der Waals surface area contributed by atoms with E-state index < -0.39 is 11.9 Å². The number of primary amides is 1. The Labute approximate surface area is 164 Å². The van der Waals surface area contributed by atoms with Gasteiger partial charge >= 0.3 is 0 Å². The molecule has 1 aromatic heterocycles. The lowest BCUT2D eigenvalue weighted by Gasteiger charge is -2.35.